The van der Waals surface area contributed by atoms with E-state index >= 15 is 0 Å². The van der Waals surface area contributed by atoms with Gasteiger partial charge in [-0.05, 0) is 35.9 Å². The summed E-state index contributed by atoms with van der Waals surface area (Å²) in [6, 6.07) is 8.26. The highest BCUT2D eigenvalue weighted by Crippen LogP contribution is 2.34. The molecular formula is C18H16F3NO6S2. The zero-order chi connectivity index (χ0) is 22.3. The highest BCUT2D eigenvalue weighted by molar-refractivity contribution is 7.92. The fourth-order valence-electron chi connectivity index (χ4n) is 3.06. The van der Waals surface area contributed by atoms with Crippen LogP contribution in [0.3, 0.4) is 0 Å². The minimum absolute atomic E-state index is 0.0101. The van der Waals surface area contributed by atoms with Crippen LogP contribution in [-0.2, 0) is 31.0 Å². The third kappa shape index (κ3) is 4.01. The summed E-state index contributed by atoms with van der Waals surface area (Å²) < 4.78 is 91.2. The summed E-state index contributed by atoms with van der Waals surface area (Å²) >= 11 is 0. The van der Waals surface area contributed by atoms with Gasteiger partial charge < -0.3 is 9.64 Å². The van der Waals surface area contributed by atoms with Crippen molar-refractivity contribution in [3.05, 3.63) is 53.6 Å². The van der Waals surface area contributed by atoms with Gasteiger partial charge in [0, 0.05) is 13.1 Å². The van der Waals surface area contributed by atoms with Crippen molar-refractivity contribution in [1.29, 1.82) is 0 Å². The molecule has 0 unspecified atom stereocenters. The van der Waals surface area contributed by atoms with Gasteiger partial charge in [-0.25, -0.2) is 21.6 Å². The van der Waals surface area contributed by atoms with Gasteiger partial charge in [-0.3, -0.25) is 0 Å². The Labute approximate surface area is 170 Å². The Morgan fingerprint density at radius 2 is 1.87 bits per heavy atom. The van der Waals surface area contributed by atoms with Crippen LogP contribution in [0.1, 0.15) is 15.9 Å². The second kappa shape index (κ2) is 7.58. The molecule has 0 fully saturated rings. The molecule has 0 amide bonds. The maximum atomic E-state index is 12.8. The molecule has 0 aromatic heterocycles. The minimum atomic E-state index is -5.52. The van der Waals surface area contributed by atoms with E-state index in [1.807, 2.05) is 0 Å². The SMILES string of the molecule is COC(=O)c1ccc2c(c1)N(Cc1cccc(S(=O)(=O)C(F)(F)F)c1)CCS2(=O)=O. The first-order valence-electron chi connectivity index (χ1n) is 8.47. The highest BCUT2D eigenvalue weighted by Gasteiger charge is 2.46. The summed E-state index contributed by atoms with van der Waals surface area (Å²) in [4.78, 5) is 12.4. The van der Waals surface area contributed by atoms with E-state index in [0.717, 1.165) is 12.1 Å². The number of carbonyl (C=O) groups is 1. The Bertz CT molecular complexity index is 1210. The fraction of sp³-hybridized carbons (Fsp3) is 0.278. The Hall–Kier alpha value is -2.60. The van der Waals surface area contributed by atoms with Gasteiger partial charge in [-0.1, -0.05) is 12.1 Å². The number of anilines is 1. The molecule has 1 heterocycles. The van der Waals surface area contributed by atoms with Crippen molar-refractivity contribution in [2.75, 3.05) is 24.3 Å². The van der Waals surface area contributed by atoms with Crippen LogP contribution in [0, 0.1) is 0 Å². The van der Waals surface area contributed by atoms with E-state index in [1.165, 1.54) is 37.4 Å². The van der Waals surface area contributed by atoms with E-state index in [0.29, 0.717) is 0 Å². The molecule has 0 saturated heterocycles. The van der Waals surface area contributed by atoms with Gasteiger partial charge in [0.05, 0.1) is 33.9 Å². The van der Waals surface area contributed by atoms with Crippen molar-refractivity contribution >= 4 is 31.3 Å². The van der Waals surface area contributed by atoms with Crippen molar-refractivity contribution in [2.24, 2.45) is 0 Å². The van der Waals surface area contributed by atoms with Crippen LogP contribution in [0.4, 0.5) is 18.9 Å². The normalized spacial score (nSPS) is 16.1. The number of esters is 1. The summed E-state index contributed by atoms with van der Waals surface area (Å²) in [5.41, 5.74) is -4.92. The maximum absolute atomic E-state index is 12.8. The number of sulfone groups is 2. The Kier molecular flexibility index (Phi) is 5.58. The van der Waals surface area contributed by atoms with E-state index < -0.39 is 36.0 Å². The molecule has 12 heteroatoms. The molecule has 1 aliphatic rings. The van der Waals surface area contributed by atoms with Crippen LogP contribution < -0.4 is 4.90 Å². The number of fused-ring (bicyclic) bond motifs is 1. The lowest BCUT2D eigenvalue weighted by atomic mass is 10.1. The van der Waals surface area contributed by atoms with Crippen LogP contribution in [0.2, 0.25) is 0 Å². The predicted molar refractivity (Wildman–Crippen MR) is 101 cm³/mol. The second-order valence-corrected chi connectivity index (χ2v) is 10.5. The molecule has 0 aliphatic carbocycles. The first kappa shape index (κ1) is 22.1. The third-order valence-electron chi connectivity index (χ3n) is 4.57. The first-order chi connectivity index (χ1) is 13.9. The van der Waals surface area contributed by atoms with Crippen molar-refractivity contribution < 1.29 is 39.5 Å². The average Bonchev–Trinajstić information content (AvgIpc) is 2.68. The van der Waals surface area contributed by atoms with E-state index in [1.54, 1.807) is 4.90 Å². The van der Waals surface area contributed by atoms with Gasteiger partial charge in [0.25, 0.3) is 9.84 Å². The summed E-state index contributed by atoms with van der Waals surface area (Å²) in [6.45, 7) is -0.0510. The number of benzene rings is 2. The number of rotatable bonds is 4. The molecule has 0 radical (unpaired) electrons. The quantitative estimate of drug-likeness (QED) is 0.643. The van der Waals surface area contributed by atoms with Crippen LogP contribution in [-0.4, -0.2) is 47.7 Å². The smallest absolute Gasteiger partial charge is 0.465 e. The summed E-state index contributed by atoms with van der Waals surface area (Å²) in [5.74, 6) is -0.919. The number of ether oxygens (including phenoxy) is 1. The minimum Gasteiger partial charge on any atom is -0.465 e. The molecule has 2 aromatic carbocycles. The zero-order valence-corrected chi connectivity index (χ0v) is 17.1. The Morgan fingerprint density at radius 3 is 2.50 bits per heavy atom. The highest BCUT2D eigenvalue weighted by atomic mass is 32.2. The van der Waals surface area contributed by atoms with Gasteiger partial charge in [0.1, 0.15) is 0 Å². The second-order valence-electron chi connectivity index (χ2n) is 6.51. The molecule has 7 nitrogen and oxygen atoms in total. The summed E-state index contributed by atoms with van der Waals surface area (Å²) in [7, 11) is -7.95. The number of alkyl halides is 3. The number of nitrogens with zero attached hydrogens (tertiary/aromatic N) is 1. The zero-order valence-electron chi connectivity index (χ0n) is 15.5. The monoisotopic (exact) mass is 463 g/mol. The van der Waals surface area contributed by atoms with E-state index in [9.17, 15) is 34.8 Å². The first-order valence-corrected chi connectivity index (χ1v) is 11.6. The molecule has 2 aromatic rings. The average molecular weight is 463 g/mol. The number of methoxy groups -OCH3 is 1. The van der Waals surface area contributed by atoms with Crippen LogP contribution in [0.25, 0.3) is 0 Å². The van der Waals surface area contributed by atoms with Gasteiger partial charge in [-0.2, -0.15) is 13.2 Å². The molecule has 30 heavy (non-hydrogen) atoms. The van der Waals surface area contributed by atoms with Crippen LogP contribution in [0.5, 0.6) is 0 Å². The Morgan fingerprint density at radius 1 is 1.17 bits per heavy atom. The number of hydrogen-bond donors (Lipinski definition) is 0. The molecule has 0 spiro atoms. The topological polar surface area (TPSA) is 97.8 Å². The molecule has 0 bridgehead atoms. The van der Waals surface area contributed by atoms with Crippen molar-refractivity contribution in [3.8, 4) is 0 Å². The lowest BCUT2D eigenvalue weighted by Gasteiger charge is -2.31. The lowest BCUT2D eigenvalue weighted by molar-refractivity contribution is -0.0436. The molecule has 0 atom stereocenters. The van der Waals surface area contributed by atoms with Crippen molar-refractivity contribution in [3.63, 3.8) is 0 Å². The molecule has 1 aliphatic heterocycles. The van der Waals surface area contributed by atoms with E-state index in [4.69, 9.17) is 0 Å². The Balaban J connectivity index is 2.01. The molecular weight excluding hydrogens is 447 g/mol. The van der Waals surface area contributed by atoms with Crippen LogP contribution >= 0.6 is 0 Å². The van der Waals surface area contributed by atoms with E-state index in [-0.39, 0.29) is 40.6 Å². The standard InChI is InChI=1S/C18H16F3NO6S2/c1-28-17(23)13-5-6-16-15(10-13)22(7-8-29(16,24)25)11-12-3-2-4-14(9-12)30(26,27)18(19,20)21/h2-6,9-10H,7-8,11H2,1H3. The summed E-state index contributed by atoms with van der Waals surface area (Å²) in [5, 5.41) is 0. The van der Waals surface area contributed by atoms with Gasteiger partial charge in [-0.15, -0.1) is 0 Å². The number of carbonyl (C=O) groups excluding carboxylic acids is 1. The molecule has 3 rings (SSSR count). The predicted octanol–water partition coefficient (Wildman–Crippen LogP) is 2.56. The van der Waals surface area contributed by atoms with Crippen molar-refractivity contribution in [1.82, 2.24) is 0 Å². The fourth-order valence-corrected chi connectivity index (χ4v) is 5.36. The van der Waals surface area contributed by atoms with Crippen LogP contribution in [0.15, 0.2) is 52.3 Å². The third-order valence-corrected chi connectivity index (χ3v) is 7.79. The maximum Gasteiger partial charge on any atom is 0.501 e. The largest absolute Gasteiger partial charge is 0.501 e. The number of hydrogen-bond acceptors (Lipinski definition) is 7. The molecule has 162 valence electrons. The van der Waals surface area contributed by atoms with Gasteiger partial charge in [0.2, 0.25) is 0 Å². The molecule has 0 saturated carbocycles. The number of halogens is 3. The van der Waals surface area contributed by atoms with Crippen molar-refractivity contribution in [2.45, 2.75) is 21.8 Å². The lowest BCUT2D eigenvalue weighted by Crippen LogP contribution is -2.35. The van der Waals surface area contributed by atoms with Gasteiger partial charge >= 0.3 is 11.5 Å². The molecule has 0 N–H and O–H groups in total. The summed E-state index contributed by atoms with van der Waals surface area (Å²) in [6.07, 6.45) is 0. The van der Waals surface area contributed by atoms with Gasteiger partial charge in [0.15, 0.2) is 9.84 Å². The van der Waals surface area contributed by atoms with E-state index in [2.05, 4.69) is 4.74 Å².